The molecule has 4 rings (SSSR count). The zero-order valence-electron chi connectivity index (χ0n) is 17.5. The van der Waals surface area contributed by atoms with Crippen LogP contribution in [0.15, 0.2) is 47.3 Å². The highest BCUT2D eigenvalue weighted by atomic mass is 19.4. The van der Waals surface area contributed by atoms with E-state index < -0.39 is 11.8 Å². The first-order valence-electron chi connectivity index (χ1n) is 10.3. The first-order chi connectivity index (χ1) is 15.1. The molecule has 0 radical (unpaired) electrons. The molecule has 1 unspecified atom stereocenters. The summed E-state index contributed by atoms with van der Waals surface area (Å²) in [5.41, 5.74) is 2.18. The number of fused-ring (bicyclic) bond motifs is 3. The van der Waals surface area contributed by atoms with E-state index in [9.17, 15) is 23.2 Å². The number of benzene rings is 2. The van der Waals surface area contributed by atoms with Crippen LogP contribution in [0.25, 0.3) is 10.9 Å². The second-order valence-electron chi connectivity index (χ2n) is 8.39. The number of ether oxygens (including phenoxy) is 1. The number of nitrogens with zero attached hydrogens (tertiary/aromatic N) is 2. The highest BCUT2D eigenvalue weighted by Crippen LogP contribution is 2.33. The van der Waals surface area contributed by atoms with E-state index in [4.69, 9.17) is 5.84 Å². The highest BCUT2D eigenvalue weighted by molar-refractivity contribution is 5.85. The Morgan fingerprint density at radius 2 is 1.84 bits per heavy atom. The maximum atomic E-state index is 12.8. The van der Waals surface area contributed by atoms with Crippen LogP contribution in [-0.4, -0.2) is 11.0 Å². The lowest BCUT2D eigenvalue weighted by molar-refractivity contribution is -0.274. The van der Waals surface area contributed by atoms with Crippen LogP contribution in [0, 0.1) is 11.3 Å². The summed E-state index contributed by atoms with van der Waals surface area (Å²) >= 11 is 0. The van der Waals surface area contributed by atoms with E-state index >= 15 is 0 Å². The molecule has 0 spiro atoms. The Balaban J connectivity index is 1.75. The van der Waals surface area contributed by atoms with E-state index in [1.54, 1.807) is 19.1 Å². The fraction of sp³-hybridized carbons (Fsp3) is 0.333. The molecule has 5 nitrogen and oxygen atoms in total. The quantitative estimate of drug-likeness (QED) is 0.604. The number of alkyl halides is 3. The van der Waals surface area contributed by atoms with Crippen molar-refractivity contribution in [3.8, 4) is 11.8 Å². The van der Waals surface area contributed by atoms with Gasteiger partial charge in [-0.1, -0.05) is 24.3 Å². The molecule has 3 aromatic rings. The van der Waals surface area contributed by atoms with Crippen molar-refractivity contribution < 1.29 is 17.9 Å². The average molecular weight is 441 g/mol. The Hall–Kier alpha value is -3.47. The van der Waals surface area contributed by atoms with Crippen molar-refractivity contribution >= 4 is 10.9 Å². The molecule has 1 atom stereocenters. The number of hydrogen-bond acceptors (Lipinski definition) is 4. The standard InChI is InChI=1S/C24H22F3N3O2/c1-23(14-28,13-15-5-4-6-17(11-15)32-24(25,26)27)16-9-10-19-18-7-2-3-8-20(18)22(31)30(29)21(19)12-16/h4-6,9-12H,2-3,7-8,13,29H2,1H3. The van der Waals surface area contributed by atoms with Gasteiger partial charge in [-0.3, -0.25) is 4.79 Å². The Morgan fingerprint density at radius 3 is 2.53 bits per heavy atom. The van der Waals surface area contributed by atoms with Crippen molar-refractivity contribution in [2.24, 2.45) is 0 Å². The van der Waals surface area contributed by atoms with Crippen molar-refractivity contribution in [2.45, 2.75) is 50.8 Å². The zero-order chi connectivity index (χ0) is 23.1. The molecule has 0 fully saturated rings. The Labute approximate surface area is 182 Å². The van der Waals surface area contributed by atoms with Gasteiger partial charge >= 0.3 is 6.36 Å². The van der Waals surface area contributed by atoms with Crippen LogP contribution >= 0.6 is 0 Å². The first kappa shape index (κ1) is 21.8. The lowest BCUT2D eigenvalue weighted by atomic mass is 9.78. The van der Waals surface area contributed by atoms with Gasteiger partial charge in [0.05, 0.1) is 17.0 Å². The van der Waals surface area contributed by atoms with Gasteiger partial charge in [0.25, 0.3) is 5.56 Å². The van der Waals surface area contributed by atoms with Crippen LogP contribution in [0.4, 0.5) is 13.2 Å². The summed E-state index contributed by atoms with van der Waals surface area (Å²) in [6.45, 7) is 1.71. The van der Waals surface area contributed by atoms with E-state index in [2.05, 4.69) is 10.8 Å². The lowest BCUT2D eigenvalue weighted by Crippen LogP contribution is -2.33. The number of rotatable bonds is 4. The minimum atomic E-state index is -4.79. The van der Waals surface area contributed by atoms with Crippen LogP contribution in [0.2, 0.25) is 0 Å². The Morgan fingerprint density at radius 1 is 1.12 bits per heavy atom. The number of pyridine rings is 1. The van der Waals surface area contributed by atoms with Gasteiger partial charge in [-0.25, -0.2) is 4.68 Å². The molecule has 1 heterocycles. The van der Waals surface area contributed by atoms with E-state index in [0.29, 0.717) is 23.1 Å². The average Bonchev–Trinajstić information content (AvgIpc) is 2.76. The molecule has 0 saturated carbocycles. The van der Waals surface area contributed by atoms with Gasteiger partial charge in [-0.2, -0.15) is 5.26 Å². The van der Waals surface area contributed by atoms with E-state index in [0.717, 1.165) is 40.5 Å². The van der Waals surface area contributed by atoms with Gasteiger partial charge < -0.3 is 10.6 Å². The molecule has 0 bridgehead atoms. The van der Waals surface area contributed by atoms with Crippen LogP contribution in [0.1, 0.15) is 42.0 Å². The van der Waals surface area contributed by atoms with Crippen LogP contribution < -0.4 is 16.1 Å². The number of nitrogens with two attached hydrogens (primary N) is 1. The second kappa shape index (κ2) is 7.90. The summed E-state index contributed by atoms with van der Waals surface area (Å²) in [6, 6.07) is 13.3. The molecular weight excluding hydrogens is 419 g/mol. The van der Waals surface area contributed by atoms with Crippen LogP contribution in [0.3, 0.4) is 0 Å². The third kappa shape index (κ3) is 4.03. The fourth-order valence-electron chi connectivity index (χ4n) is 4.49. The van der Waals surface area contributed by atoms with Crippen molar-refractivity contribution in [2.75, 3.05) is 5.84 Å². The third-order valence-electron chi connectivity index (χ3n) is 6.10. The molecule has 1 aromatic heterocycles. The van der Waals surface area contributed by atoms with Gasteiger partial charge in [0.2, 0.25) is 0 Å². The van der Waals surface area contributed by atoms with Crippen molar-refractivity contribution in [1.29, 1.82) is 5.26 Å². The minimum absolute atomic E-state index is 0.157. The molecule has 166 valence electrons. The molecule has 2 aromatic carbocycles. The highest BCUT2D eigenvalue weighted by Gasteiger charge is 2.32. The molecular formula is C24H22F3N3O2. The maximum absolute atomic E-state index is 12.8. The normalized spacial score (nSPS) is 15.6. The molecule has 0 saturated heterocycles. The van der Waals surface area contributed by atoms with Crippen molar-refractivity contribution in [1.82, 2.24) is 4.68 Å². The summed E-state index contributed by atoms with van der Waals surface area (Å²) in [7, 11) is 0. The SMILES string of the molecule is CC(C#N)(Cc1cccc(OC(F)(F)F)c1)c1ccc2c3c(c(=O)n(N)c2c1)CCCC3. The lowest BCUT2D eigenvalue weighted by Gasteiger charge is -2.25. The number of hydrogen-bond donors (Lipinski definition) is 1. The largest absolute Gasteiger partial charge is 0.573 e. The second-order valence-corrected chi connectivity index (χ2v) is 8.39. The molecule has 0 aliphatic heterocycles. The summed E-state index contributed by atoms with van der Waals surface area (Å²) in [4.78, 5) is 12.8. The molecule has 1 aliphatic carbocycles. The molecule has 32 heavy (non-hydrogen) atoms. The number of aromatic nitrogens is 1. The Kier molecular flexibility index (Phi) is 5.37. The van der Waals surface area contributed by atoms with E-state index in [-0.39, 0.29) is 17.7 Å². The van der Waals surface area contributed by atoms with Gasteiger partial charge in [-0.05, 0) is 73.9 Å². The smallest absolute Gasteiger partial charge is 0.406 e. The molecule has 1 aliphatic rings. The van der Waals surface area contributed by atoms with Gasteiger partial charge in [0.1, 0.15) is 5.75 Å². The molecule has 8 heteroatoms. The van der Waals surface area contributed by atoms with E-state index in [1.807, 2.05) is 12.1 Å². The van der Waals surface area contributed by atoms with Crippen molar-refractivity contribution in [3.05, 3.63) is 75.1 Å². The van der Waals surface area contributed by atoms with Crippen LogP contribution in [0.5, 0.6) is 5.75 Å². The van der Waals surface area contributed by atoms with Crippen molar-refractivity contribution in [3.63, 3.8) is 0 Å². The number of halogens is 3. The van der Waals surface area contributed by atoms with Gasteiger partial charge in [0.15, 0.2) is 0 Å². The monoisotopic (exact) mass is 441 g/mol. The van der Waals surface area contributed by atoms with Gasteiger partial charge in [-0.15, -0.1) is 13.2 Å². The maximum Gasteiger partial charge on any atom is 0.573 e. The molecule has 0 amide bonds. The van der Waals surface area contributed by atoms with E-state index in [1.165, 1.54) is 18.2 Å². The zero-order valence-corrected chi connectivity index (χ0v) is 17.5. The van der Waals surface area contributed by atoms with Crippen LogP contribution in [-0.2, 0) is 24.7 Å². The number of aryl methyl sites for hydroxylation is 1. The molecule has 2 N–H and O–H groups in total. The third-order valence-corrected chi connectivity index (χ3v) is 6.10. The summed E-state index contributed by atoms with van der Waals surface area (Å²) < 4.78 is 42.8. The minimum Gasteiger partial charge on any atom is -0.406 e. The summed E-state index contributed by atoms with van der Waals surface area (Å²) in [5, 5.41) is 10.9. The topological polar surface area (TPSA) is 81.0 Å². The number of nitrogen functional groups attached to an aromatic ring is 1. The summed E-state index contributed by atoms with van der Waals surface area (Å²) in [5.74, 6) is 5.79. The fourth-order valence-corrected chi connectivity index (χ4v) is 4.49. The number of nitriles is 1. The van der Waals surface area contributed by atoms with Gasteiger partial charge in [0, 0.05) is 10.9 Å². The Bertz CT molecular complexity index is 1290. The summed E-state index contributed by atoms with van der Waals surface area (Å²) in [6.07, 6.45) is -1.17. The predicted octanol–water partition coefficient (Wildman–Crippen LogP) is 4.52. The predicted molar refractivity (Wildman–Crippen MR) is 115 cm³/mol. The first-order valence-corrected chi connectivity index (χ1v) is 10.3.